The van der Waals surface area contributed by atoms with Crippen LogP contribution in [0.25, 0.3) is 44.6 Å². The average molecular weight is 656 g/mol. The van der Waals surface area contributed by atoms with Crippen LogP contribution in [0, 0.1) is 0 Å². The Morgan fingerprint density at radius 2 is 1.17 bits per heavy atom. The van der Waals surface area contributed by atoms with Gasteiger partial charge in [0.25, 0.3) is 0 Å². The van der Waals surface area contributed by atoms with E-state index in [1.54, 1.807) is 36.4 Å². The van der Waals surface area contributed by atoms with Crippen molar-refractivity contribution in [2.45, 2.75) is 33.1 Å². The molecule has 4 N–H and O–H groups in total. The van der Waals surface area contributed by atoms with Crippen LogP contribution < -0.4 is 0 Å². The van der Waals surface area contributed by atoms with Crippen molar-refractivity contribution in [1.82, 2.24) is 4.57 Å². The Balaban J connectivity index is 1.35. The van der Waals surface area contributed by atoms with E-state index in [9.17, 15) is 18.2 Å². The highest BCUT2D eigenvalue weighted by Gasteiger charge is 2.41. The Bertz CT molecular complexity index is 2340. The van der Waals surface area contributed by atoms with Crippen LogP contribution in [-0.4, -0.2) is 22.8 Å². The van der Waals surface area contributed by atoms with Gasteiger partial charge >= 0.3 is 0 Å². The summed E-state index contributed by atoms with van der Waals surface area (Å²) in [5.74, 6) is 0. The zero-order chi connectivity index (χ0) is 32.3. The molecule has 1 aromatic heterocycles. The van der Waals surface area contributed by atoms with Crippen LogP contribution in [0.4, 0.5) is 0 Å². The SMILES string of the molecule is CCn1c2ccc(/C(=C\c3ccccc3)c3ccccc3)cc2c2cc(-c3cccc4c3S(O)(O)c3ccccc3S4(O)O)ccc21. The summed E-state index contributed by atoms with van der Waals surface area (Å²) in [6, 6.07) is 45.2. The summed E-state index contributed by atoms with van der Waals surface area (Å²) in [4.78, 5) is 0.657. The van der Waals surface area contributed by atoms with Gasteiger partial charge in [0, 0.05) is 33.9 Å². The van der Waals surface area contributed by atoms with E-state index >= 15 is 0 Å². The van der Waals surface area contributed by atoms with Gasteiger partial charge in [-0.05, 0) is 83.3 Å². The number of rotatable bonds is 5. The first-order chi connectivity index (χ1) is 22.8. The maximum Gasteiger partial charge on any atom is 0.0950 e. The van der Waals surface area contributed by atoms with Gasteiger partial charge in [-0.25, -0.2) is 0 Å². The first-order valence-corrected chi connectivity index (χ1v) is 18.6. The number of benzene rings is 6. The van der Waals surface area contributed by atoms with Crippen molar-refractivity contribution in [1.29, 1.82) is 0 Å². The van der Waals surface area contributed by atoms with Crippen LogP contribution in [0.2, 0.25) is 0 Å². The molecule has 5 nitrogen and oxygen atoms in total. The molecule has 47 heavy (non-hydrogen) atoms. The molecular weight excluding hydrogens is 623 g/mol. The van der Waals surface area contributed by atoms with Crippen LogP contribution in [0.1, 0.15) is 23.6 Å². The van der Waals surface area contributed by atoms with E-state index in [4.69, 9.17) is 0 Å². The van der Waals surface area contributed by atoms with Gasteiger partial charge in [0.2, 0.25) is 0 Å². The van der Waals surface area contributed by atoms with E-state index in [-0.39, 0.29) is 19.6 Å². The van der Waals surface area contributed by atoms with Gasteiger partial charge in [-0.1, -0.05) is 97.1 Å². The van der Waals surface area contributed by atoms with Crippen LogP contribution in [0.5, 0.6) is 0 Å². The number of hydrogen-bond donors (Lipinski definition) is 4. The number of aryl methyl sites for hydroxylation is 1. The molecule has 0 saturated heterocycles. The van der Waals surface area contributed by atoms with Gasteiger partial charge in [0.15, 0.2) is 0 Å². The Hall–Kier alpha value is -4.60. The fourth-order valence-electron chi connectivity index (χ4n) is 6.86. The van der Waals surface area contributed by atoms with Crippen molar-refractivity contribution in [3.8, 4) is 11.1 Å². The van der Waals surface area contributed by atoms with Crippen molar-refractivity contribution in [2.75, 3.05) is 0 Å². The van der Waals surface area contributed by atoms with Gasteiger partial charge in [-0.2, -0.15) is 0 Å². The summed E-state index contributed by atoms with van der Waals surface area (Å²) in [6.07, 6.45) is 2.22. The minimum absolute atomic E-state index is 0.158. The molecule has 0 saturated carbocycles. The summed E-state index contributed by atoms with van der Waals surface area (Å²) in [7, 11) is -6.99. The Morgan fingerprint density at radius 3 is 1.87 bits per heavy atom. The molecule has 0 radical (unpaired) electrons. The molecule has 0 fully saturated rings. The van der Waals surface area contributed by atoms with Gasteiger partial charge in [0.1, 0.15) is 0 Å². The number of aromatic nitrogens is 1. The molecule has 0 unspecified atom stereocenters. The Morgan fingerprint density at radius 1 is 0.574 bits per heavy atom. The molecule has 1 aliphatic rings. The predicted octanol–water partition coefficient (Wildman–Crippen LogP) is 11.7. The normalized spacial score (nSPS) is 16.4. The summed E-state index contributed by atoms with van der Waals surface area (Å²) in [5.41, 5.74) is 7.96. The fraction of sp³-hybridized carbons (Fsp3) is 0.0500. The minimum Gasteiger partial charge on any atom is -0.341 e. The Labute approximate surface area is 276 Å². The van der Waals surface area contributed by atoms with Crippen LogP contribution >= 0.6 is 21.2 Å². The van der Waals surface area contributed by atoms with Crippen molar-refractivity contribution < 1.29 is 18.2 Å². The van der Waals surface area contributed by atoms with Gasteiger partial charge in [0.05, 0.1) is 19.6 Å². The summed E-state index contributed by atoms with van der Waals surface area (Å²) < 4.78 is 48.6. The van der Waals surface area contributed by atoms with Gasteiger partial charge in [-0.3, -0.25) is 18.2 Å². The molecule has 0 spiro atoms. The summed E-state index contributed by atoms with van der Waals surface area (Å²) in [5, 5.41) is 2.12. The van der Waals surface area contributed by atoms with Gasteiger partial charge in [-0.15, -0.1) is 21.2 Å². The largest absolute Gasteiger partial charge is 0.341 e. The zero-order valence-electron chi connectivity index (χ0n) is 25.6. The molecule has 0 bridgehead atoms. The zero-order valence-corrected chi connectivity index (χ0v) is 27.2. The second-order valence-electron chi connectivity index (χ2n) is 11.7. The van der Waals surface area contributed by atoms with Crippen molar-refractivity contribution in [3.05, 3.63) is 156 Å². The Kier molecular flexibility index (Phi) is 7.15. The van der Waals surface area contributed by atoms with E-state index in [0.29, 0.717) is 5.56 Å². The highest BCUT2D eigenvalue weighted by Crippen LogP contribution is 2.75. The van der Waals surface area contributed by atoms with Crippen molar-refractivity contribution >= 4 is 54.6 Å². The van der Waals surface area contributed by atoms with E-state index in [2.05, 4.69) is 84.3 Å². The number of fused-ring (bicyclic) bond motifs is 5. The van der Waals surface area contributed by atoms with E-state index < -0.39 is 21.2 Å². The van der Waals surface area contributed by atoms with E-state index in [1.165, 1.54) is 0 Å². The van der Waals surface area contributed by atoms with Crippen LogP contribution in [0.15, 0.2) is 159 Å². The van der Waals surface area contributed by atoms with Crippen molar-refractivity contribution in [2.24, 2.45) is 0 Å². The quantitative estimate of drug-likeness (QED) is 0.139. The molecule has 7 aromatic rings. The molecule has 7 heteroatoms. The standard InChI is InChI=1S/C40H33NO4S2/c1-2-41-35-22-20-29(31-16-11-19-39-40(31)47(44,45)38-18-10-9-17-37(38)46(39,42)43)25-33(35)34-26-30(21-23-36(34)41)32(28-14-7-4-8-15-28)24-27-12-5-3-6-13-27/h3-26,42-45H,2H2,1H3/b32-24-. The lowest BCUT2D eigenvalue weighted by atomic mass is 9.94. The lowest BCUT2D eigenvalue weighted by Gasteiger charge is -2.48. The molecule has 0 amide bonds. The van der Waals surface area contributed by atoms with Gasteiger partial charge < -0.3 is 4.57 Å². The topological polar surface area (TPSA) is 85.9 Å². The van der Waals surface area contributed by atoms with Crippen LogP contribution in [-0.2, 0) is 6.54 Å². The number of nitrogens with zero attached hydrogens (tertiary/aromatic N) is 1. The number of hydrogen-bond acceptors (Lipinski definition) is 4. The minimum atomic E-state index is -3.54. The third-order valence-electron chi connectivity index (χ3n) is 9.03. The molecule has 2 heterocycles. The second kappa shape index (κ2) is 11.3. The highest BCUT2D eigenvalue weighted by molar-refractivity contribution is 8.29. The molecule has 6 aromatic carbocycles. The maximum atomic E-state index is 11.7. The predicted molar refractivity (Wildman–Crippen MR) is 196 cm³/mol. The first-order valence-electron chi connectivity index (χ1n) is 15.5. The molecule has 0 atom stereocenters. The molecular formula is C40H33NO4S2. The first kappa shape index (κ1) is 29.8. The van der Waals surface area contributed by atoms with E-state index in [1.807, 2.05) is 36.4 Å². The third-order valence-corrected chi connectivity index (χ3v) is 13.2. The van der Waals surface area contributed by atoms with Crippen LogP contribution in [0.3, 0.4) is 0 Å². The molecule has 8 rings (SSSR count). The lowest BCUT2D eigenvalue weighted by Crippen LogP contribution is -2.16. The highest BCUT2D eigenvalue weighted by atomic mass is 32.3. The monoisotopic (exact) mass is 655 g/mol. The summed E-state index contributed by atoms with van der Waals surface area (Å²) >= 11 is 0. The third kappa shape index (κ3) is 4.74. The molecule has 1 aliphatic heterocycles. The fourth-order valence-corrected chi connectivity index (χ4v) is 11.4. The second-order valence-corrected chi connectivity index (χ2v) is 15.6. The van der Waals surface area contributed by atoms with E-state index in [0.717, 1.165) is 56.2 Å². The average Bonchev–Trinajstić information content (AvgIpc) is 3.42. The maximum absolute atomic E-state index is 11.7. The smallest absolute Gasteiger partial charge is 0.0950 e. The molecule has 234 valence electrons. The molecule has 0 aliphatic carbocycles. The van der Waals surface area contributed by atoms with Crippen molar-refractivity contribution in [3.63, 3.8) is 0 Å². The lowest BCUT2D eigenvalue weighted by molar-refractivity contribution is 0.453. The summed E-state index contributed by atoms with van der Waals surface area (Å²) in [6.45, 7) is 2.92.